The van der Waals surface area contributed by atoms with Gasteiger partial charge in [0.1, 0.15) is 11.3 Å². The lowest BCUT2D eigenvalue weighted by Crippen LogP contribution is -2.59. The predicted molar refractivity (Wildman–Crippen MR) is 64.6 cm³/mol. The molecule has 1 atom stereocenters. The Hall–Kier alpha value is 0.0569. The fraction of sp³-hybridized carbons (Fsp3) is 1.00. The van der Waals surface area contributed by atoms with Gasteiger partial charge in [0.05, 0.1) is 13.2 Å². The van der Waals surface area contributed by atoms with Gasteiger partial charge >= 0.3 is 8.56 Å². The van der Waals surface area contributed by atoms with E-state index in [2.05, 4.69) is 6.55 Å². The fourth-order valence-corrected chi connectivity index (χ4v) is 3.76. The third-order valence-electron chi connectivity index (χ3n) is 2.97. The number of hydrogen-bond acceptors (Lipinski definition) is 4. The van der Waals surface area contributed by atoms with E-state index in [4.69, 9.17) is 18.3 Å². The molecule has 0 aromatic heterocycles. The van der Waals surface area contributed by atoms with Gasteiger partial charge in [0.15, 0.2) is 0 Å². The number of hydrogen-bond donors (Lipinski definition) is 0. The van der Waals surface area contributed by atoms with E-state index in [1.165, 1.54) is 0 Å². The average Bonchev–Trinajstić information content (AvgIpc) is 2.99. The lowest BCUT2D eigenvalue weighted by atomic mass is 10.4. The second-order valence-electron chi connectivity index (χ2n) is 4.59. The first-order valence-corrected chi connectivity index (χ1v) is 8.30. The second kappa shape index (κ2) is 5.60. The van der Waals surface area contributed by atoms with Crippen LogP contribution >= 0.6 is 0 Å². The van der Waals surface area contributed by atoms with E-state index in [-0.39, 0.29) is 11.3 Å². The van der Waals surface area contributed by atoms with Crippen LogP contribution in [0.3, 0.4) is 0 Å². The summed E-state index contributed by atoms with van der Waals surface area (Å²) in [5.74, 6) is 0. The van der Waals surface area contributed by atoms with Crippen LogP contribution in [0, 0.1) is 0 Å². The molecular weight excluding hydrogens is 224 g/mol. The SMILES string of the molecule is CCO[Si](C)(OCC)C(C)(C)OCC1CO1. The molecule has 0 bridgehead atoms. The number of rotatable bonds is 8. The highest BCUT2D eigenvalue weighted by Crippen LogP contribution is 2.28. The van der Waals surface area contributed by atoms with Gasteiger partial charge in [0, 0.05) is 13.2 Å². The zero-order chi connectivity index (χ0) is 12.2. The largest absolute Gasteiger partial charge is 0.393 e. The standard InChI is InChI=1S/C11H24O4Si/c1-6-14-16(5,15-7-2)11(3,4)13-9-10-8-12-10/h10H,6-9H2,1-5H3. The van der Waals surface area contributed by atoms with E-state index >= 15 is 0 Å². The zero-order valence-electron chi connectivity index (χ0n) is 11.0. The summed E-state index contributed by atoms with van der Waals surface area (Å²) in [7, 11) is -2.29. The molecule has 1 aliphatic heterocycles. The first-order chi connectivity index (χ1) is 7.45. The van der Waals surface area contributed by atoms with Crippen LogP contribution in [-0.2, 0) is 18.3 Å². The molecular formula is C11H24O4Si. The van der Waals surface area contributed by atoms with E-state index in [0.29, 0.717) is 19.8 Å². The van der Waals surface area contributed by atoms with E-state index in [9.17, 15) is 0 Å². The highest BCUT2D eigenvalue weighted by molar-refractivity contribution is 6.69. The molecule has 0 spiro atoms. The lowest BCUT2D eigenvalue weighted by molar-refractivity contribution is -0.0132. The van der Waals surface area contributed by atoms with E-state index < -0.39 is 8.56 Å². The van der Waals surface area contributed by atoms with E-state index in [1.807, 2.05) is 27.7 Å². The normalized spacial score (nSPS) is 21.2. The predicted octanol–water partition coefficient (Wildman–Crippen LogP) is 1.86. The van der Waals surface area contributed by atoms with Crippen LogP contribution in [-0.4, -0.2) is 46.3 Å². The molecule has 96 valence electrons. The Morgan fingerprint density at radius 2 is 1.75 bits per heavy atom. The third-order valence-corrected chi connectivity index (χ3v) is 6.98. The van der Waals surface area contributed by atoms with Crippen LogP contribution in [0.1, 0.15) is 27.7 Å². The Morgan fingerprint density at radius 1 is 1.25 bits per heavy atom. The fourth-order valence-electron chi connectivity index (χ4n) is 1.54. The third kappa shape index (κ3) is 3.53. The molecule has 4 nitrogen and oxygen atoms in total. The van der Waals surface area contributed by atoms with Crippen molar-refractivity contribution < 1.29 is 18.3 Å². The summed E-state index contributed by atoms with van der Waals surface area (Å²) in [5.41, 5.74) is 0. The highest BCUT2D eigenvalue weighted by Gasteiger charge is 2.49. The van der Waals surface area contributed by atoms with Crippen LogP contribution in [0.2, 0.25) is 6.55 Å². The van der Waals surface area contributed by atoms with Gasteiger partial charge in [-0.1, -0.05) is 0 Å². The van der Waals surface area contributed by atoms with Crippen LogP contribution < -0.4 is 0 Å². The molecule has 1 rings (SSSR count). The minimum absolute atomic E-state index is 0.278. The maximum absolute atomic E-state index is 5.91. The molecule has 1 aliphatic rings. The van der Waals surface area contributed by atoms with Gasteiger partial charge in [0.2, 0.25) is 0 Å². The van der Waals surface area contributed by atoms with Crippen LogP contribution in [0.4, 0.5) is 0 Å². The average molecular weight is 248 g/mol. The van der Waals surface area contributed by atoms with Gasteiger partial charge in [-0.15, -0.1) is 0 Å². The van der Waals surface area contributed by atoms with Crippen molar-refractivity contribution in [2.45, 2.75) is 45.6 Å². The minimum atomic E-state index is -2.29. The van der Waals surface area contributed by atoms with Crippen LogP contribution in [0.5, 0.6) is 0 Å². The molecule has 0 aromatic carbocycles. The van der Waals surface area contributed by atoms with Gasteiger partial charge in [-0.3, -0.25) is 0 Å². The maximum atomic E-state index is 5.91. The molecule has 0 saturated carbocycles. The van der Waals surface area contributed by atoms with Gasteiger partial charge in [-0.2, -0.15) is 0 Å². The molecule has 16 heavy (non-hydrogen) atoms. The van der Waals surface area contributed by atoms with Crippen LogP contribution in [0.25, 0.3) is 0 Å². The van der Waals surface area contributed by atoms with Gasteiger partial charge < -0.3 is 18.3 Å². The summed E-state index contributed by atoms with van der Waals surface area (Å²) in [6.45, 7) is 12.9. The van der Waals surface area contributed by atoms with Crippen LogP contribution in [0.15, 0.2) is 0 Å². The molecule has 0 radical (unpaired) electrons. The Morgan fingerprint density at radius 3 is 2.12 bits per heavy atom. The molecule has 0 N–H and O–H groups in total. The van der Waals surface area contributed by atoms with Crippen molar-refractivity contribution in [1.82, 2.24) is 0 Å². The highest BCUT2D eigenvalue weighted by atomic mass is 28.4. The molecule has 0 aliphatic carbocycles. The molecule has 1 saturated heterocycles. The Labute approximate surface area is 99.5 Å². The molecule has 1 fully saturated rings. The number of epoxide rings is 1. The monoisotopic (exact) mass is 248 g/mol. The van der Waals surface area contributed by atoms with Crippen molar-refractivity contribution in [2.75, 3.05) is 26.4 Å². The summed E-state index contributed by atoms with van der Waals surface area (Å²) in [6, 6.07) is 0. The quantitative estimate of drug-likeness (QED) is 0.485. The van der Waals surface area contributed by atoms with Crippen molar-refractivity contribution in [2.24, 2.45) is 0 Å². The molecule has 5 heteroatoms. The van der Waals surface area contributed by atoms with E-state index in [1.54, 1.807) is 0 Å². The van der Waals surface area contributed by atoms with Crippen molar-refractivity contribution in [3.05, 3.63) is 0 Å². The first kappa shape index (κ1) is 14.1. The lowest BCUT2D eigenvalue weighted by Gasteiger charge is -2.39. The minimum Gasteiger partial charge on any atom is -0.393 e. The number of ether oxygens (including phenoxy) is 2. The van der Waals surface area contributed by atoms with Gasteiger partial charge in [-0.25, -0.2) is 0 Å². The molecule has 0 aromatic rings. The van der Waals surface area contributed by atoms with Gasteiger partial charge in [-0.05, 0) is 34.2 Å². The summed E-state index contributed by atoms with van der Waals surface area (Å²) >= 11 is 0. The van der Waals surface area contributed by atoms with Crippen molar-refractivity contribution in [3.8, 4) is 0 Å². The van der Waals surface area contributed by atoms with E-state index in [0.717, 1.165) is 6.61 Å². The summed E-state index contributed by atoms with van der Waals surface area (Å²) in [4.78, 5) is 0. The molecule has 1 unspecified atom stereocenters. The summed E-state index contributed by atoms with van der Waals surface area (Å²) < 4.78 is 22.7. The maximum Gasteiger partial charge on any atom is 0.367 e. The molecule has 0 amide bonds. The second-order valence-corrected chi connectivity index (χ2v) is 8.26. The smallest absolute Gasteiger partial charge is 0.367 e. The zero-order valence-corrected chi connectivity index (χ0v) is 12.0. The summed E-state index contributed by atoms with van der Waals surface area (Å²) in [6.07, 6.45) is 0.278. The van der Waals surface area contributed by atoms with Crippen molar-refractivity contribution >= 4 is 8.56 Å². The van der Waals surface area contributed by atoms with Crippen molar-refractivity contribution in [1.29, 1.82) is 0 Å². The Bertz CT molecular complexity index is 210. The molecule has 1 heterocycles. The Kier molecular flexibility index (Phi) is 4.94. The Balaban J connectivity index is 2.56. The van der Waals surface area contributed by atoms with Gasteiger partial charge in [0.25, 0.3) is 0 Å². The van der Waals surface area contributed by atoms with Crippen molar-refractivity contribution in [3.63, 3.8) is 0 Å². The topological polar surface area (TPSA) is 40.2 Å². The summed E-state index contributed by atoms with van der Waals surface area (Å²) in [5, 5.41) is -0.356. The first-order valence-electron chi connectivity index (χ1n) is 5.98.